The van der Waals surface area contributed by atoms with Crippen LogP contribution in [0.4, 0.5) is 5.00 Å². The van der Waals surface area contributed by atoms with Crippen molar-refractivity contribution in [1.29, 1.82) is 0 Å². The smallest absolute Gasteiger partial charge is 0.221 e. The Morgan fingerprint density at radius 3 is 2.84 bits per heavy atom. The van der Waals surface area contributed by atoms with Crippen molar-refractivity contribution in [1.82, 2.24) is 0 Å². The molecular formula is C15H25N2OS+. The number of rotatable bonds is 3. The minimum absolute atomic E-state index is 0.0320. The Morgan fingerprint density at radius 2 is 2.21 bits per heavy atom. The molecule has 2 atom stereocenters. The molecule has 0 aromatic carbocycles. The average Bonchev–Trinajstić information content (AvgIpc) is 2.56. The molecule has 0 bridgehead atoms. The second-order valence-corrected chi connectivity index (χ2v) is 7.13. The Morgan fingerprint density at radius 1 is 1.47 bits per heavy atom. The molecule has 1 aromatic heterocycles. The Kier molecular flexibility index (Phi) is 4.63. The fourth-order valence-corrected chi connectivity index (χ4v) is 4.08. The summed E-state index contributed by atoms with van der Waals surface area (Å²) in [6.45, 7) is 11.8. The van der Waals surface area contributed by atoms with E-state index in [-0.39, 0.29) is 5.91 Å². The zero-order chi connectivity index (χ0) is 14.0. The highest BCUT2D eigenvalue weighted by Crippen LogP contribution is 2.32. The molecule has 0 radical (unpaired) electrons. The van der Waals surface area contributed by atoms with Crippen molar-refractivity contribution in [3.63, 3.8) is 0 Å². The van der Waals surface area contributed by atoms with Crippen LogP contribution in [-0.4, -0.2) is 19.0 Å². The molecule has 19 heavy (non-hydrogen) atoms. The van der Waals surface area contributed by atoms with Crippen LogP contribution in [0.2, 0.25) is 0 Å². The summed E-state index contributed by atoms with van der Waals surface area (Å²) in [4.78, 5) is 14.3. The summed E-state index contributed by atoms with van der Waals surface area (Å²) in [5.74, 6) is 0.859. The summed E-state index contributed by atoms with van der Waals surface area (Å²) in [5.41, 5.74) is 2.71. The number of hydrogen-bond donors (Lipinski definition) is 2. The molecule has 1 saturated heterocycles. The maximum Gasteiger partial charge on any atom is 0.221 e. The van der Waals surface area contributed by atoms with Crippen molar-refractivity contribution >= 4 is 22.2 Å². The first-order valence-electron chi connectivity index (χ1n) is 7.17. The SMILES string of the molecule is CC(=O)Nc1sc(C)c(C)c1C[NH+]1CCC[C@@H](C)C1. The number of aryl methyl sites for hydroxylation is 1. The van der Waals surface area contributed by atoms with E-state index < -0.39 is 0 Å². The normalized spacial score (nSPS) is 23.4. The number of carbonyl (C=O) groups excluding carboxylic acids is 1. The summed E-state index contributed by atoms with van der Waals surface area (Å²) >= 11 is 1.71. The van der Waals surface area contributed by atoms with E-state index in [0.717, 1.165) is 17.5 Å². The second-order valence-electron chi connectivity index (χ2n) is 5.90. The molecule has 1 unspecified atom stereocenters. The van der Waals surface area contributed by atoms with Crippen LogP contribution in [0.25, 0.3) is 0 Å². The average molecular weight is 281 g/mol. The molecule has 0 saturated carbocycles. The number of hydrogen-bond acceptors (Lipinski definition) is 2. The predicted octanol–water partition coefficient (Wildman–Crippen LogP) is 2.14. The summed E-state index contributed by atoms with van der Waals surface area (Å²) in [7, 11) is 0. The molecule has 2 rings (SSSR count). The highest BCUT2D eigenvalue weighted by Gasteiger charge is 2.23. The van der Waals surface area contributed by atoms with Gasteiger partial charge in [-0.15, -0.1) is 11.3 Å². The summed E-state index contributed by atoms with van der Waals surface area (Å²) in [5, 5.41) is 4.07. The first kappa shape index (κ1) is 14.5. The Hall–Kier alpha value is -0.870. The van der Waals surface area contributed by atoms with Crippen LogP contribution in [0, 0.1) is 19.8 Å². The Balaban J connectivity index is 2.15. The summed E-state index contributed by atoms with van der Waals surface area (Å²) < 4.78 is 0. The first-order valence-corrected chi connectivity index (χ1v) is 7.99. The number of likely N-dealkylation sites (tertiary alicyclic amines) is 1. The third-order valence-electron chi connectivity index (χ3n) is 4.09. The molecule has 2 heterocycles. The van der Waals surface area contributed by atoms with Gasteiger partial charge >= 0.3 is 0 Å². The van der Waals surface area contributed by atoms with E-state index in [2.05, 4.69) is 26.1 Å². The van der Waals surface area contributed by atoms with Gasteiger partial charge in [-0.2, -0.15) is 0 Å². The fraction of sp³-hybridized carbons (Fsp3) is 0.667. The third kappa shape index (κ3) is 3.57. The van der Waals surface area contributed by atoms with Crippen molar-refractivity contribution in [2.45, 2.75) is 47.1 Å². The van der Waals surface area contributed by atoms with Crippen molar-refractivity contribution in [2.24, 2.45) is 5.92 Å². The molecule has 1 aromatic rings. The van der Waals surface area contributed by atoms with E-state index in [4.69, 9.17) is 0 Å². The maximum absolute atomic E-state index is 11.3. The standard InChI is InChI=1S/C15H24N2OS/c1-10-6-5-7-17(8-10)9-14-11(2)12(3)19-15(14)16-13(4)18/h10H,5-9H2,1-4H3,(H,16,18)/p+1/t10-/m1/s1. The van der Waals surface area contributed by atoms with E-state index in [0.29, 0.717) is 0 Å². The van der Waals surface area contributed by atoms with Crippen LogP contribution in [0.15, 0.2) is 0 Å². The van der Waals surface area contributed by atoms with Gasteiger partial charge < -0.3 is 10.2 Å². The number of nitrogens with one attached hydrogen (secondary N) is 2. The van der Waals surface area contributed by atoms with Gasteiger partial charge in [-0.25, -0.2) is 0 Å². The molecule has 106 valence electrons. The van der Waals surface area contributed by atoms with Crippen molar-refractivity contribution in [2.75, 3.05) is 18.4 Å². The quantitative estimate of drug-likeness (QED) is 0.874. The summed E-state index contributed by atoms with van der Waals surface area (Å²) in [6.07, 6.45) is 2.69. The molecule has 2 N–H and O–H groups in total. The van der Waals surface area contributed by atoms with Gasteiger partial charge in [0.15, 0.2) is 0 Å². The first-order chi connectivity index (χ1) is 8.97. The van der Waals surface area contributed by atoms with Gasteiger partial charge in [0.1, 0.15) is 11.5 Å². The molecule has 1 amide bonds. The lowest BCUT2D eigenvalue weighted by Crippen LogP contribution is -3.12. The van der Waals surface area contributed by atoms with Gasteiger partial charge in [0.2, 0.25) is 5.91 Å². The van der Waals surface area contributed by atoms with Gasteiger partial charge in [-0.05, 0) is 32.3 Å². The maximum atomic E-state index is 11.3. The second kappa shape index (κ2) is 6.06. The van der Waals surface area contributed by atoms with E-state index in [1.54, 1.807) is 23.2 Å². The van der Waals surface area contributed by atoms with E-state index in [1.807, 2.05) is 0 Å². The van der Waals surface area contributed by atoms with E-state index >= 15 is 0 Å². The van der Waals surface area contributed by atoms with Gasteiger partial charge in [0.05, 0.1) is 13.1 Å². The van der Waals surface area contributed by atoms with Gasteiger partial charge in [-0.3, -0.25) is 4.79 Å². The van der Waals surface area contributed by atoms with Gasteiger partial charge in [0.25, 0.3) is 0 Å². The van der Waals surface area contributed by atoms with Crippen molar-refractivity contribution in [3.8, 4) is 0 Å². The van der Waals surface area contributed by atoms with E-state index in [9.17, 15) is 4.79 Å². The van der Waals surface area contributed by atoms with Crippen LogP contribution in [0.3, 0.4) is 0 Å². The van der Waals surface area contributed by atoms with Gasteiger partial charge in [0, 0.05) is 23.3 Å². The van der Waals surface area contributed by atoms with Crippen LogP contribution in [0.5, 0.6) is 0 Å². The number of piperidine rings is 1. The van der Waals surface area contributed by atoms with Crippen LogP contribution in [-0.2, 0) is 11.3 Å². The molecule has 1 fully saturated rings. The fourth-order valence-electron chi connectivity index (χ4n) is 2.96. The van der Waals surface area contributed by atoms with Gasteiger partial charge in [-0.1, -0.05) is 6.92 Å². The number of quaternary nitrogens is 1. The minimum atomic E-state index is 0.0320. The van der Waals surface area contributed by atoms with Crippen LogP contribution >= 0.6 is 11.3 Å². The molecule has 4 heteroatoms. The number of amides is 1. The largest absolute Gasteiger partial charge is 0.331 e. The number of carbonyl (C=O) groups is 1. The number of thiophene rings is 1. The third-order valence-corrected chi connectivity index (χ3v) is 5.26. The minimum Gasteiger partial charge on any atom is -0.331 e. The molecule has 1 aliphatic rings. The van der Waals surface area contributed by atoms with Crippen LogP contribution < -0.4 is 10.2 Å². The predicted molar refractivity (Wildman–Crippen MR) is 80.9 cm³/mol. The molecular weight excluding hydrogens is 256 g/mol. The Labute approximate surface area is 120 Å². The monoisotopic (exact) mass is 281 g/mol. The molecule has 0 aliphatic carbocycles. The van der Waals surface area contributed by atoms with Crippen LogP contribution in [0.1, 0.15) is 42.7 Å². The molecule has 3 nitrogen and oxygen atoms in total. The summed E-state index contributed by atoms with van der Waals surface area (Å²) in [6, 6.07) is 0. The lowest BCUT2D eigenvalue weighted by Gasteiger charge is -2.28. The molecule has 0 spiro atoms. The number of anilines is 1. The highest BCUT2D eigenvalue weighted by atomic mass is 32.1. The Bertz CT molecular complexity index is 467. The lowest BCUT2D eigenvalue weighted by atomic mass is 9.99. The lowest BCUT2D eigenvalue weighted by molar-refractivity contribution is -0.922. The zero-order valence-electron chi connectivity index (χ0n) is 12.4. The molecule has 1 aliphatic heterocycles. The van der Waals surface area contributed by atoms with Crippen molar-refractivity contribution in [3.05, 3.63) is 16.0 Å². The van der Waals surface area contributed by atoms with E-state index in [1.165, 1.54) is 41.9 Å². The highest BCUT2D eigenvalue weighted by molar-refractivity contribution is 7.16. The zero-order valence-corrected chi connectivity index (χ0v) is 13.2. The topological polar surface area (TPSA) is 33.5 Å². The van der Waals surface area contributed by atoms with Crippen molar-refractivity contribution < 1.29 is 9.69 Å².